The topological polar surface area (TPSA) is 20.3 Å². The van der Waals surface area contributed by atoms with Crippen LogP contribution in [-0.4, -0.2) is 24.4 Å². The number of carbonyl (C=O) groups excluding carboxylic acids is 1. The molecule has 0 atom stereocenters. The van der Waals surface area contributed by atoms with Crippen LogP contribution in [0.3, 0.4) is 0 Å². The number of thiophene rings is 1. The number of rotatable bonds is 5. The molecule has 0 spiro atoms. The Labute approximate surface area is 103 Å². The predicted octanol–water partition coefficient (Wildman–Crippen LogP) is 3.77. The lowest BCUT2D eigenvalue weighted by molar-refractivity contribution is 0.0796. The second kappa shape index (κ2) is 6.28. The number of nitrogens with zero attached hydrogens (tertiary/aromatic N) is 1. The van der Waals surface area contributed by atoms with Gasteiger partial charge < -0.3 is 4.90 Å². The Kier molecular flexibility index (Phi) is 5.32. The molecule has 0 fully saturated rings. The lowest BCUT2D eigenvalue weighted by Crippen LogP contribution is -2.27. The van der Waals surface area contributed by atoms with Gasteiger partial charge in [-0.1, -0.05) is 19.8 Å². The Bertz CT molecular complexity index is 324. The van der Waals surface area contributed by atoms with E-state index >= 15 is 0 Å². The van der Waals surface area contributed by atoms with E-state index in [-0.39, 0.29) is 5.91 Å². The van der Waals surface area contributed by atoms with Crippen molar-refractivity contribution in [3.05, 3.63) is 20.8 Å². The first-order chi connectivity index (χ1) is 7.16. The Morgan fingerprint density at radius 2 is 2.27 bits per heavy atom. The molecule has 84 valence electrons. The van der Waals surface area contributed by atoms with E-state index in [1.807, 2.05) is 18.5 Å². The summed E-state index contributed by atoms with van der Waals surface area (Å²) in [5, 5.41) is 1.93. The quantitative estimate of drug-likeness (QED) is 0.756. The first-order valence-electron chi connectivity index (χ1n) is 5.15. The molecule has 4 heteroatoms. The normalized spacial score (nSPS) is 10.3. The molecule has 0 bridgehead atoms. The van der Waals surface area contributed by atoms with Crippen molar-refractivity contribution in [3.8, 4) is 0 Å². The minimum Gasteiger partial charge on any atom is -0.341 e. The number of amides is 1. The highest BCUT2D eigenvalue weighted by molar-refractivity contribution is 9.10. The van der Waals surface area contributed by atoms with E-state index in [0.29, 0.717) is 0 Å². The summed E-state index contributed by atoms with van der Waals surface area (Å²) in [7, 11) is 1.87. The van der Waals surface area contributed by atoms with Crippen LogP contribution in [-0.2, 0) is 0 Å². The van der Waals surface area contributed by atoms with E-state index < -0.39 is 0 Å². The molecule has 0 N–H and O–H groups in total. The average Bonchev–Trinajstić information content (AvgIpc) is 2.63. The van der Waals surface area contributed by atoms with Crippen molar-refractivity contribution < 1.29 is 4.79 Å². The molecule has 0 saturated carbocycles. The van der Waals surface area contributed by atoms with Gasteiger partial charge in [0.1, 0.15) is 4.88 Å². The number of carbonyl (C=O) groups is 1. The van der Waals surface area contributed by atoms with Gasteiger partial charge in [-0.2, -0.15) is 0 Å². The van der Waals surface area contributed by atoms with Gasteiger partial charge in [0.15, 0.2) is 0 Å². The fourth-order valence-corrected chi connectivity index (χ4v) is 2.85. The summed E-state index contributed by atoms with van der Waals surface area (Å²) in [6.45, 7) is 3.01. The summed E-state index contributed by atoms with van der Waals surface area (Å²) < 4.78 is 0.903. The molecule has 0 aliphatic heterocycles. The third-order valence-corrected chi connectivity index (χ3v) is 4.08. The van der Waals surface area contributed by atoms with E-state index in [2.05, 4.69) is 22.9 Å². The van der Waals surface area contributed by atoms with Crippen LogP contribution in [0, 0.1) is 0 Å². The zero-order valence-corrected chi connectivity index (χ0v) is 11.5. The Morgan fingerprint density at radius 3 is 2.80 bits per heavy atom. The van der Waals surface area contributed by atoms with E-state index in [1.165, 1.54) is 24.2 Å². The van der Waals surface area contributed by atoms with Gasteiger partial charge in [-0.05, 0) is 33.8 Å². The van der Waals surface area contributed by atoms with Crippen molar-refractivity contribution in [1.82, 2.24) is 4.90 Å². The van der Waals surface area contributed by atoms with Crippen molar-refractivity contribution in [3.63, 3.8) is 0 Å². The van der Waals surface area contributed by atoms with Gasteiger partial charge >= 0.3 is 0 Å². The molecule has 1 heterocycles. The van der Waals surface area contributed by atoms with Crippen LogP contribution in [0.15, 0.2) is 15.9 Å². The number of halogens is 1. The van der Waals surface area contributed by atoms with Gasteiger partial charge in [-0.15, -0.1) is 11.3 Å². The van der Waals surface area contributed by atoms with E-state index in [0.717, 1.165) is 22.3 Å². The summed E-state index contributed by atoms with van der Waals surface area (Å²) >= 11 is 4.87. The van der Waals surface area contributed by atoms with Crippen LogP contribution in [0.1, 0.15) is 35.9 Å². The highest BCUT2D eigenvalue weighted by atomic mass is 79.9. The van der Waals surface area contributed by atoms with Gasteiger partial charge in [0.05, 0.1) is 0 Å². The van der Waals surface area contributed by atoms with Crippen molar-refractivity contribution in [2.75, 3.05) is 13.6 Å². The summed E-state index contributed by atoms with van der Waals surface area (Å²) in [5.74, 6) is 0.118. The van der Waals surface area contributed by atoms with Crippen LogP contribution in [0.5, 0.6) is 0 Å². The lowest BCUT2D eigenvalue weighted by atomic mass is 10.2. The van der Waals surface area contributed by atoms with Gasteiger partial charge in [0.25, 0.3) is 5.91 Å². The Morgan fingerprint density at radius 1 is 1.53 bits per heavy atom. The van der Waals surface area contributed by atoms with Crippen LogP contribution >= 0.6 is 27.3 Å². The molecular weight excluding hydrogens is 274 g/mol. The van der Waals surface area contributed by atoms with Crippen molar-refractivity contribution >= 4 is 33.2 Å². The second-order valence-corrected chi connectivity index (χ2v) is 5.30. The Balaban J connectivity index is 2.50. The summed E-state index contributed by atoms with van der Waals surface area (Å²) in [6.07, 6.45) is 3.45. The average molecular weight is 290 g/mol. The largest absolute Gasteiger partial charge is 0.341 e. The van der Waals surface area contributed by atoms with E-state index in [9.17, 15) is 4.79 Å². The van der Waals surface area contributed by atoms with Crippen LogP contribution in [0.4, 0.5) is 0 Å². The monoisotopic (exact) mass is 289 g/mol. The SMILES string of the molecule is CCCCCN(C)C(=O)c1sccc1Br. The van der Waals surface area contributed by atoms with Gasteiger partial charge in [0, 0.05) is 18.1 Å². The second-order valence-electron chi connectivity index (χ2n) is 3.53. The van der Waals surface area contributed by atoms with Gasteiger partial charge in [0.2, 0.25) is 0 Å². The third kappa shape index (κ3) is 3.61. The van der Waals surface area contributed by atoms with Crippen LogP contribution in [0.2, 0.25) is 0 Å². The van der Waals surface area contributed by atoms with Crippen molar-refractivity contribution in [2.45, 2.75) is 26.2 Å². The van der Waals surface area contributed by atoms with Crippen LogP contribution < -0.4 is 0 Å². The molecule has 1 aromatic heterocycles. The molecule has 0 radical (unpaired) electrons. The molecule has 0 aliphatic carbocycles. The van der Waals surface area contributed by atoms with Crippen molar-refractivity contribution in [2.24, 2.45) is 0 Å². The molecule has 0 unspecified atom stereocenters. The summed E-state index contributed by atoms with van der Waals surface area (Å²) in [4.78, 5) is 14.5. The van der Waals surface area contributed by atoms with E-state index in [1.54, 1.807) is 4.90 Å². The maximum atomic E-state index is 11.9. The van der Waals surface area contributed by atoms with Gasteiger partial charge in [-0.25, -0.2) is 0 Å². The van der Waals surface area contributed by atoms with E-state index in [4.69, 9.17) is 0 Å². The number of hydrogen-bond donors (Lipinski definition) is 0. The van der Waals surface area contributed by atoms with Crippen molar-refractivity contribution in [1.29, 1.82) is 0 Å². The number of unbranched alkanes of at least 4 members (excludes halogenated alkanes) is 2. The fraction of sp³-hybridized carbons (Fsp3) is 0.545. The molecule has 15 heavy (non-hydrogen) atoms. The maximum absolute atomic E-state index is 11.9. The standard InChI is InChI=1S/C11H16BrNOS/c1-3-4-5-7-13(2)11(14)10-9(12)6-8-15-10/h6,8H,3-5,7H2,1-2H3. The molecule has 0 aromatic carbocycles. The molecular formula is C11H16BrNOS. The third-order valence-electron chi connectivity index (χ3n) is 2.26. The molecule has 1 rings (SSSR count). The first kappa shape index (κ1) is 12.7. The molecule has 1 amide bonds. The molecule has 1 aromatic rings. The highest BCUT2D eigenvalue weighted by Crippen LogP contribution is 2.23. The lowest BCUT2D eigenvalue weighted by Gasteiger charge is -2.16. The fourth-order valence-electron chi connectivity index (χ4n) is 1.32. The minimum absolute atomic E-state index is 0.118. The zero-order chi connectivity index (χ0) is 11.3. The van der Waals surface area contributed by atoms with Gasteiger partial charge in [-0.3, -0.25) is 4.79 Å². The summed E-state index contributed by atoms with van der Waals surface area (Å²) in [5.41, 5.74) is 0. The minimum atomic E-state index is 0.118. The highest BCUT2D eigenvalue weighted by Gasteiger charge is 2.15. The smallest absolute Gasteiger partial charge is 0.264 e. The zero-order valence-electron chi connectivity index (χ0n) is 9.12. The Hall–Kier alpha value is -0.350. The molecule has 0 saturated heterocycles. The molecule has 0 aliphatic rings. The summed E-state index contributed by atoms with van der Waals surface area (Å²) in [6, 6.07) is 1.91. The number of hydrogen-bond acceptors (Lipinski definition) is 2. The first-order valence-corrected chi connectivity index (χ1v) is 6.82. The molecule has 2 nitrogen and oxygen atoms in total. The van der Waals surface area contributed by atoms with Crippen LogP contribution in [0.25, 0.3) is 0 Å². The predicted molar refractivity (Wildman–Crippen MR) is 68.5 cm³/mol. The maximum Gasteiger partial charge on any atom is 0.264 e.